The standard InChI is InChI=1S/C25H24N4O2S/c1-25(2,3)22-19-20(27-28-22)24(30)29(21(19)17-7-5-6-8-18(17)31-4)16-11-9-15(10-12-16)23-26-13-14-32-23/h5-14,27,30H,1-4H3. The van der Waals surface area contributed by atoms with Crippen LogP contribution < -0.4 is 4.74 Å². The molecule has 2 aromatic carbocycles. The molecule has 7 heteroatoms. The summed E-state index contributed by atoms with van der Waals surface area (Å²) in [5.74, 6) is 0.847. The number of aromatic hydroxyl groups is 1. The van der Waals surface area contributed by atoms with Crippen LogP contribution >= 0.6 is 11.3 Å². The highest BCUT2D eigenvalue weighted by Gasteiger charge is 2.30. The molecule has 3 aromatic heterocycles. The second-order valence-electron chi connectivity index (χ2n) is 8.66. The Labute approximate surface area is 190 Å². The van der Waals surface area contributed by atoms with E-state index in [0.29, 0.717) is 5.52 Å². The maximum atomic E-state index is 11.3. The van der Waals surface area contributed by atoms with E-state index in [-0.39, 0.29) is 11.3 Å². The Kier molecular flexibility index (Phi) is 4.78. The minimum atomic E-state index is -0.220. The zero-order chi connectivity index (χ0) is 22.5. The predicted octanol–water partition coefficient (Wildman–Crippen LogP) is 6.16. The van der Waals surface area contributed by atoms with Gasteiger partial charge in [0, 0.05) is 33.8 Å². The summed E-state index contributed by atoms with van der Waals surface area (Å²) in [5.41, 5.74) is 4.89. The van der Waals surface area contributed by atoms with Crippen LogP contribution in [-0.2, 0) is 5.41 Å². The first-order valence-electron chi connectivity index (χ1n) is 10.4. The van der Waals surface area contributed by atoms with E-state index < -0.39 is 0 Å². The minimum absolute atomic E-state index is 0.117. The Bertz CT molecular complexity index is 1390. The molecule has 0 aliphatic rings. The second kappa shape index (κ2) is 7.53. The third kappa shape index (κ3) is 3.17. The van der Waals surface area contributed by atoms with Crippen LogP contribution in [0.15, 0.2) is 60.1 Å². The number of hydrogen-bond donors (Lipinski definition) is 2. The zero-order valence-corrected chi connectivity index (χ0v) is 19.2. The van der Waals surface area contributed by atoms with E-state index in [1.807, 2.05) is 58.5 Å². The van der Waals surface area contributed by atoms with Crippen molar-refractivity contribution in [2.45, 2.75) is 26.2 Å². The first kappa shape index (κ1) is 20.3. The summed E-state index contributed by atoms with van der Waals surface area (Å²) < 4.78 is 7.55. The molecule has 2 N–H and O–H groups in total. The number of hydrogen-bond acceptors (Lipinski definition) is 5. The van der Waals surface area contributed by atoms with Gasteiger partial charge < -0.3 is 9.84 Å². The molecule has 0 bridgehead atoms. The lowest BCUT2D eigenvalue weighted by atomic mass is 9.89. The van der Waals surface area contributed by atoms with Crippen LogP contribution in [0.2, 0.25) is 0 Å². The zero-order valence-electron chi connectivity index (χ0n) is 18.4. The van der Waals surface area contributed by atoms with Gasteiger partial charge in [0.2, 0.25) is 5.88 Å². The number of ether oxygens (including phenoxy) is 1. The third-order valence-electron chi connectivity index (χ3n) is 5.54. The molecule has 0 spiro atoms. The van der Waals surface area contributed by atoms with Crippen molar-refractivity contribution in [2.75, 3.05) is 7.11 Å². The summed E-state index contributed by atoms with van der Waals surface area (Å²) in [6.07, 6.45) is 1.80. The molecule has 3 heterocycles. The summed E-state index contributed by atoms with van der Waals surface area (Å²) in [6.45, 7) is 6.35. The highest BCUT2D eigenvalue weighted by molar-refractivity contribution is 7.13. The van der Waals surface area contributed by atoms with Crippen molar-refractivity contribution >= 4 is 22.2 Å². The second-order valence-corrected chi connectivity index (χ2v) is 9.56. The molecule has 0 saturated heterocycles. The van der Waals surface area contributed by atoms with Crippen molar-refractivity contribution in [1.82, 2.24) is 19.7 Å². The SMILES string of the molecule is COc1ccccc1-c1c2c(C(C)(C)C)n[nH]c2c(O)n1-c1ccc(-c2nccs2)cc1. The molecule has 0 fully saturated rings. The first-order chi connectivity index (χ1) is 15.4. The van der Waals surface area contributed by atoms with Crippen LogP contribution in [0, 0.1) is 0 Å². The number of para-hydroxylation sites is 1. The number of H-pyrrole nitrogens is 1. The van der Waals surface area contributed by atoms with Gasteiger partial charge in [0.1, 0.15) is 16.3 Å². The lowest BCUT2D eigenvalue weighted by molar-refractivity contribution is 0.416. The fourth-order valence-electron chi connectivity index (χ4n) is 4.07. The van der Waals surface area contributed by atoms with Crippen LogP contribution in [0.25, 0.3) is 38.4 Å². The van der Waals surface area contributed by atoms with Gasteiger partial charge >= 0.3 is 0 Å². The molecule has 6 nitrogen and oxygen atoms in total. The van der Waals surface area contributed by atoms with Crippen LogP contribution in [-0.4, -0.2) is 32.0 Å². The molecule has 0 radical (unpaired) electrons. The summed E-state index contributed by atoms with van der Waals surface area (Å²) in [6, 6.07) is 15.9. The number of aromatic nitrogens is 4. The number of benzene rings is 2. The number of thiazole rings is 1. The van der Waals surface area contributed by atoms with Crippen LogP contribution in [0.4, 0.5) is 0 Å². The van der Waals surface area contributed by atoms with E-state index in [9.17, 15) is 5.11 Å². The number of nitrogens with zero attached hydrogens (tertiary/aromatic N) is 3. The molecule has 0 unspecified atom stereocenters. The van der Waals surface area contributed by atoms with Gasteiger partial charge in [0.25, 0.3) is 0 Å². The quantitative estimate of drug-likeness (QED) is 0.348. The summed E-state index contributed by atoms with van der Waals surface area (Å²) in [4.78, 5) is 4.39. The third-order valence-corrected chi connectivity index (χ3v) is 6.36. The highest BCUT2D eigenvalue weighted by Crippen LogP contribution is 2.46. The van der Waals surface area contributed by atoms with Crippen molar-refractivity contribution in [3.05, 3.63) is 65.8 Å². The first-order valence-corrected chi connectivity index (χ1v) is 11.2. The van der Waals surface area contributed by atoms with Crippen LogP contribution in [0.3, 0.4) is 0 Å². The number of rotatable bonds is 4. The number of fused-ring (bicyclic) bond motifs is 1. The van der Waals surface area contributed by atoms with Crippen molar-refractivity contribution in [2.24, 2.45) is 0 Å². The maximum absolute atomic E-state index is 11.3. The Morgan fingerprint density at radius 3 is 2.47 bits per heavy atom. The molecule has 0 atom stereocenters. The Balaban J connectivity index is 1.81. The van der Waals surface area contributed by atoms with E-state index >= 15 is 0 Å². The smallest absolute Gasteiger partial charge is 0.222 e. The molecule has 5 aromatic rings. The van der Waals surface area contributed by atoms with Crippen LogP contribution in [0.1, 0.15) is 26.5 Å². The molecule has 0 aliphatic heterocycles. The molecule has 32 heavy (non-hydrogen) atoms. The van der Waals surface area contributed by atoms with Crippen LogP contribution in [0.5, 0.6) is 11.6 Å². The Morgan fingerprint density at radius 1 is 1.06 bits per heavy atom. The molecule has 162 valence electrons. The van der Waals surface area contributed by atoms with Gasteiger partial charge in [-0.3, -0.25) is 9.67 Å². The van der Waals surface area contributed by atoms with Crippen molar-refractivity contribution in [3.63, 3.8) is 0 Å². The largest absolute Gasteiger partial charge is 0.496 e. The normalized spacial score (nSPS) is 11.9. The van der Waals surface area contributed by atoms with Gasteiger partial charge in [-0.05, 0) is 36.4 Å². The van der Waals surface area contributed by atoms with E-state index in [1.54, 1.807) is 24.6 Å². The van der Waals surface area contributed by atoms with Gasteiger partial charge in [0.15, 0.2) is 0 Å². The lowest BCUT2D eigenvalue weighted by Gasteiger charge is -2.18. The number of aromatic amines is 1. The van der Waals surface area contributed by atoms with Gasteiger partial charge in [-0.2, -0.15) is 5.10 Å². The molecular formula is C25H24N4O2S. The summed E-state index contributed by atoms with van der Waals surface area (Å²) >= 11 is 1.60. The van der Waals surface area contributed by atoms with Crippen molar-refractivity contribution < 1.29 is 9.84 Å². The maximum Gasteiger partial charge on any atom is 0.222 e. The van der Waals surface area contributed by atoms with E-state index in [0.717, 1.165) is 44.3 Å². The van der Waals surface area contributed by atoms with E-state index in [2.05, 4.69) is 36.0 Å². The van der Waals surface area contributed by atoms with Crippen molar-refractivity contribution in [1.29, 1.82) is 0 Å². The minimum Gasteiger partial charge on any atom is -0.496 e. The number of nitrogens with one attached hydrogen (secondary N) is 1. The summed E-state index contributed by atoms with van der Waals surface area (Å²) in [5, 5.41) is 22.8. The predicted molar refractivity (Wildman–Crippen MR) is 129 cm³/mol. The molecular weight excluding hydrogens is 420 g/mol. The highest BCUT2D eigenvalue weighted by atomic mass is 32.1. The number of methoxy groups -OCH3 is 1. The van der Waals surface area contributed by atoms with E-state index in [1.165, 1.54) is 0 Å². The molecule has 5 rings (SSSR count). The van der Waals surface area contributed by atoms with Crippen molar-refractivity contribution in [3.8, 4) is 39.1 Å². The molecule has 0 saturated carbocycles. The van der Waals surface area contributed by atoms with Gasteiger partial charge in [0.05, 0.1) is 23.9 Å². The molecule has 0 aliphatic carbocycles. The summed E-state index contributed by atoms with van der Waals surface area (Å²) in [7, 11) is 1.66. The monoisotopic (exact) mass is 444 g/mol. The fraction of sp³-hybridized carbons (Fsp3) is 0.200. The van der Waals surface area contributed by atoms with Gasteiger partial charge in [-0.15, -0.1) is 11.3 Å². The van der Waals surface area contributed by atoms with Gasteiger partial charge in [-0.1, -0.05) is 32.9 Å². The lowest BCUT2D eigenvalue weighted by Crippen LogP contribution is -2.12. The average Bonchev–Trinajstić information content (AvgIpc) is 3.51. The fourth-order valence-corrected chi connectivity index (χ4v) is 4.72. The Hall–Kier alpha value is -3.58. The van der Waals surface area contributed by atoms with Gasteiger partial charge in [-0.25, -0.2) is 4.98 Å². The Morgan fingerprint density at radius 2 is 1.81 bits per heavy atom. The average molecular weight is 445 g/mol. The van der Waals surface area contributed by atoms with E-state index in [4.69, 9.17) is 4.74 Å². The molecule has 0 amide bonds. The topological polar surface area (TPSA) is 76.0 Å².